The van der Waals surface area contributed by atoms with E-state index in [2.05, 4.69) is 50.4 Å². The highest BCUT2D eigenvalue weighted by atomic mass is 79.9. The molecule has 3 aromatic rings. The summed E-state index contributed by atoms with van der Waals surface area (Å²) in [7, 11) is 0. The number of halogens is 1. The summed E-state index contributed by atoms with van der Waals surface area (Å²) in [5, 5.41) is 9.05. The minimum absolute atomic E-state index is 0.195. The minimum atomic E-state index is -1.24. The topological polar surface area (TPSA) is 62.1 Å². The van der Waals surface area contributed by atoms with Crippen molar-refractivity contribution in [1.29, 1.82) is 0 Å². The third-order valence-corrected chi connectivity index (χ3v) is 8.05. The number of nitrogens with zero attached hydrogens (tertiary/aromatic N) is 3. The number of carbonyl (C=O) groups is 2. The third kappa shape index (κ3) is 1.74. The molecule has 1 saturated heterocycles. The van der Waals surface area contributed by atoms with Gasteiger partial charge in [0.1, 0.15) is 5.41 Å². The fraction of sp³-hybridized carbons (Fsp3) is 0.200. The van der Waals surface area contributed by atoms with E-state index in [1.807, 2.05) is 42.5 Å². The second-order valence-electron chi connectivity index (χ2n) is 8.69. The van der Waals surface area contributed by atoms with E-state index in [1.54, 1.807) is 6.07 Å². The van der Waals surface area contributed by atoms with Gasteiger partial charge >= 0.3 is 0 Å². The SMILES string of the molecule is O=C1N(c2cccc(Br)c2)C(=O)C23N=NCC12C1c2ccccc2C3c2ccccc21. The van der Waals surface area contributed by atoms with E-state index in [-0.39, 0.29) is 30.2 Å². The van der Waals surface area contributed by atoms with Gasteiger partial charge in [-0.05, 0) is 40.5 Å². The largest absolute Gasteiger partial charge is 0.273 e. The van der Waals surface area contributed by atoms with Gasteiger partial charge in [-0.3, -0.25) is 9.59 Å². The van der Waals surface area contributed by atoms with Crippen LogP contribution in [0.15, 0.2) is 87.5 Å². The van der Waals surface area contributed by atoms with E-state index >= 15 is 0 Å². The zero-order valence-corrected chi connectivity index (χ0v) is 17.9. The predicted octanol–water partition coefficient (Wildman–Crippen LogP) is 4.80. The summed E-state index contributed by atoms with van der Waals surface area (Å²) in [6.07, 6.45) is 0. The number of rotatable bonds is 1. The van der Waals surface area contributed by atoms with E-state index in [4.69, 9.17) is 0 Å². The molecule has 0 saturated carbocycles. The van der Waals surface area contributed by atoms with Crippen molar-refractivity contribution in [2.75, 3.05) is 11.4 Å². The number of anilines is 1. The van der Waals surface area contributed by atoms with Crippen LogP contribution < -0.4 is 4.90 Å². The molecule has 2 heterocycles. The second-order valence-corrected chi connectivity index (χ2v) is 9.60. The second kappa shape index (κ2) is 5.56. The molecule has 2 bridgehead atoms. The van der Waals surface area contributed by atoms with Crippen molar-refractivity contribution in [3.63, 3.8) is 0 Å². The molecule has 0 N–H and O–H groups in total. The first-order valence-corrected chi connectivity index (χ1v) is 11.1. The van der Waals surface area contributed by atoms with E-state index in [0.29, 0.717) is 5.69 Å². The highest BCUT2D eigenvalue weighted by Crippen LogP contribution is 2.72. The molecular formula is C25H16BrN3O2. The molecule has 0 aromatic heterocycles. The van der Waals surface area contributed by atoms with Gasteiger partial charge < -0.3 is 0 Å². The number of amides is 2. The Morgan fingerprint density at radius 1 is 0.806 bits per heavy atom. The van der Waals surface area contributed by atoms with Gasteiger partial charge in [0.15, 0.2) is 5.54 Å². The molecule has 0 radical (unpaired) electrons. The number of hydrogen-bond acceptors (Lipinski definition) is 4. The first-order valence-electron chi connectivity index (χ1n) is 10.3. The maximum atomic E-state index is 14.2. The first-order chi connectivity index (χ1) is 15.1. The van der Waals surface area contributed by atoms with Crippen LogP contribution in [-0.4, -0.2) is 23.9 Å². The Bertz CT molecular complexity index is 1320. The van der Waals surface area contributed by atoms with Crippen LogP contribution in [0.2, 0.25) is 0 Å². The molecule has 5 aliphatic rings. The van der Waals surface area contributed by atoms with E-state index in [9.17, 15) is 9.59 Å². The average molecular weight is 470 g/mol. The fourth-order valence-electron chi connectivity index (χ4n) is 6.51. The van der Waals surface area contributed by atoms with Crippen LogP contribution in [0, 0.1) is 5.41 Å². The summed E-state index contributed by atoms with van der Waals surface area (Å²) < 4.78 is 0.816. The van der Waals surface area contributed by atoms with Crippen molar-refractivity contribution in [3.8, 4) is 0 Å². The van der Waals surface area contributed by atoms with Gasteiger partial charge in [-0.15, -0.1) is 0 Å². The van der Waals surface area contributed by atoms with Crippen LogP contribution in [-0.2, 0) is 9.59 Å². The molecule has 2 unspecified atom stereocenters. The van der Waals surface area contributed by atoms with Crippen LogP contribution in [0.25, 0.3) is 0 Å². The molecule has 8 rings (SSSR count). The lowest BCUT2D eigenvalue weighted by atomic mass is 9.45. The van der Waals surface area contributed by atoms with E-state index in [1.165, 1.54) is 4.90 Å². The zero-order valence-electron chi connectivity index (χ0n) is 16.3. The Balaban J connectivity index is 1.58. The zero-order chi connectivity index (χ0) is 21.0. The molecule has 1 fully saturated rings. The Labute approximate surface area is 186 Å². The van der Waals surface area contributed by atoms with E-state index in [0.717, 1.165) is 26.7 Å². The van der Waals surface area contributed by atoms with Gasteiger partial charge in [0.05, 0.1) is 12.2 Å². The van der Waals surface area contributed by atoms with Crippen molar-refractivity contribution >= 4 is 33.4 Å². The summed E-state index contributed by atoms with van der Waals surface area (Å²) >= 11 is 3.48. The molecule has 6 heteroatoms. The third-order valence-electron chi connectivity index (χ3n) is 7.56. The fourth-order valence-corrected chi connectivity index (χ4v) is 6.89. The summed E-state index contributed by atoms with van der Waals surface area (Å²) in [4.78, 5) is 29.8. The molecule has 2 amide bonds. The Hall–Kier alpha value is -3.12. The summed E-state index contributed by atoms with van der Waals surface area (Å²) in [6.45, 7) is 0.228. The summed E-state index contributed by atoms with van der Waals surface area (Å²) in [6, 6.07) is 23.7. The smallest absolute Gasteiger partial charge is 0.265 e. The molecule has 2 atom stereocenters. The van der Waals surface area contributed by atoms with Crippen molar-refractivity contribution in [1.82, 2.24) is 0 Å². The van der Waals surface area contributed by atoms with Crippen molar-refractivity contribution in [2.24, 2.45) is 15.6 Å². The average Bonchev–Trinajstić information content (AvgIpc) is 3.29. The highest BCUT2D eigenvalue weighted by molar-refractivity contribution is 9.10. The number of imide groups is 1. The lowest BCUT2D eigenvalue weighted by Gasteiger charge is -2.54. The van der Waals surface area contributed by atoms with Gasteiger partial charge in [-0.25, -0.2) is 4.90 Å². The standard InChI is InChI=1S/C25H16BrN3O2/c26-14-6-5-7-15(12-14)29-22(30)24-13-27-28-25(24,23(29)31)21-18-10-3-1-8-16(18)20(24)17-9-2-4-11-19(17)21/h1-12,20-21H,13H2. The normalized spacial score (nSPS) is 31.5. The lowest BCUT2D eigenvalue weighted by molar-refractivity contribution is -0.129. The number of benzene rings is 3. The van der Waals surface area contributed by atoms with Gasteiger partial charge in [0.25, 0.3) is 5.91 Å². The first kappa shape index (κ1) is 17.5. The maximum Gasteiger partial charge on any atom is 0.265 e. The van der Waals surface area contributed by atoms with Crippen molar-refractivity contribution in [3.05, 3.63) is 99.5 Å². The van der Waals surface area contributed by atoms with Crippen LogP contribution >= 0.6 is 15.9 Å². The molecule has 3 aromatic carbocycles. The van der Waals surface area contributed by atoms with Gasteiger partial charge in [-0.2, -0.15) is 10.2 Å². The predicted molar refractivity (Wildman–Crippen MR) is 118 cm³/mol. The number of azo groups is 1. The van der Waals surface area contributed by atoms with Crippen LogP contribution in [0.5, 0.6) is 0 Å². The maximum absolute atomic E-state index is 14.2. The van der Waals surface area contributed by atoms with Gasteiger partial charge in [0.2, 0.25) is 5.91 Å². The molecule has 0 spiro atoms. The molecule has 5 nitrogen and oxygen atoms in total. The molecule has 2 aliphatic heterocycles. The quantitative estimate of drug-likeness (QED) is 0.480. The number of hydrogen-bond donors (Lipinski definition) is 0. The van der Waals surface area contributed by atoms with Crippen LogP contribution in [0.4, 0.5) is 5.69 Å². The Morgan fingerprint density at radius 2 is 1.42 bits per heavy atom. The molecule has 31 heavy (non-hydrogen) atoms. The minimum Gasteiger partial charge on any atom is -0.273 e. The van der Waals surface area contributed by atoms with E-state index < -0.39 is 11.0 Å². The van der Waals surface area contributed by atoms with Gasteiger partial charge in [0, 0.05) is 16.3 Å². The van der Waals surface area contributed by atoms with Crippen LogP contribution in [0.1, 0.15) is 34.1 Å². The monoisotopic (exact) mass is 469 g/mol. The Kier molecular flexibility index (Phi) is 3.15. The highest BCUT2D eigenvalue weighted by Gasteiger charge is 2.82. The molecule has 3 aliphatic carbocycles. The van der Waals surface area contributed by atoms with Crippen molar-refractivity contribution < 1.29 is 9.59 Å². The van der Waals surface area contributed by atoms with Crippen molar-refractivity contribution in [2.45, 2.75) is 17.4 Å². The van der Waals surface area contributed by atoms with Gasteiger partial charge in [-0.1, -0.05) is 70.5 Å². The Morgan fingerprint density at radius 3 is 2.03 bits per heavy atom. The lowest BCUT2D eigenvalue weighted by Crippen LogP contribution is -2.61. The summed E-state index contributed by atoms with van der Waals surface area (Å²) in [5.41, 5.74) is 2.71. The molecule has 150 valence electrons. The van der Waals surface area contributed by atoms with Crippen LogP contribution in [0.3, 0.4) is 0 Å². The molecular weight excluding hydrogens is 454 g/mol. The number of carbonyl (C=O) groups excluding carboxylic acids is 2. The summed E-state index contributed by atoms with van der Waals surface area (Å²) in [5.74, 6) is -1.05.